The Bertz CT molecular complexity index is 621. The van der Waals surface area contributed by atoms with Crippen molar-refractivity contribution >= 4 is 23.4 Å². The Balaban J connectivity index is 1.46. The molecule has 1 aromatic carbocycles. The van der Waals surface area contributed by atoms with Gasteiger partial charge in [-0.25, -0.2) is 0 Å². The van der Waals surface area contributed by atoms with E-state index in [1.807, 2.05) is 23.1 Å². The minimum Gasteiger partial charge on any atom is -0.369 e. The number of halogens is 1. The molecule has 2 N–H and O–H groups in total. The van der Waals surface area contributed by atoms with Crippen LogP contribution in [-0.4, -0.2) is 47.8 Å². The molecule has 1 aromatic rings. The van der Waals surface area contributed by atoms with Crippen molar-refractivity contribution in [2.45, 2.75) is 32.2 Å². The number of hydrogen-bond acceptors (Lipinski definition) is 3. The number of hydrogen-bond donors (Lipinski definition) is 1. The molecule has 3 rings (SSSR count). The van der Waals surface area contributed by atoms with Crippen LogP contribution in [0, 0.1) is 11.8 Å². The first-order valence-corrected chi connectivity index (χ1v) is 9.45. The highest BCUT2D eigenvalue weighted by molar-refractivity contribution is 6.30. The van der Waals surface area contributed by atoms with Gasteiger partial charge in [-0.15, -0.1) is 0 Å². The zero-order chi connectivity index (χ0) is 17.8. The summed E-state index contributed by atoms with van der Waals surface area (Å²) in [6.45, 7) is 4.07. The summed E-state index contributed by atoms with van der Waals surface area (Å²) in [4.78, 5) is 28.3. The molecular formula is C19H26ClN3O2. The van der Waals surface area contributed by atoms with Crippen molar-refractivity contribution in [3.05, 3.63) is 34.9 Å². The fourth-order valence-electron chi connectivity index (χ4n) is 3.87. The number of carbonyl (C=O) groups excluding carboxylic acids is 2. The molecule has 0 radical (unpaired) electrons. The Morgan fingerprint density at radius 2 is 1.68 bits per heavy atom. The molecule has 2 aliphatic heterocycles. The number of rotatable bonds is 4. The minimum atomic E-state index is -0.235. The topological polar surface area (TPSA) is 66.6 Å². The van der Waals surface area contributed by atoms with Gasteiger partial charge in [0.2, 0.25) is 11.8 Å². The summed E-state index contributed by atoms with van der Waals surface area (Å²) in [5, 5.41) is 0.766. The molecule has 2 heterocycles. The molecule has 25 heavy (non-hydrogen) atoms. The Morgan fingerprint density at radius 3 is 2.28 bits per heavy atom. The van der Waals surface area contributed by atoms with Crippen molar-refractivity contribution in [1.82, 2.24) is 9.80 Å². The molecule has 0 aromatic heterocycles. The first kappa shape index (κ1) is 18.2. The van der Waals surface area contributed by atoms with E-state index in [0.29, 0.717) is 25.9 Å². The summed E-state index contributed by atoms with van der Waals surface area (Å²) in [6, 6.07) is 7.95. The van der Waals surface area contributed by atoms with Crippen LogP contribution in [0.4, 0.5) is 0 Å². The van der Waals surface area contributed by atoms with Gasteiger partial charge >= 0.3 is 0 Å². The number of carbonyl (C=O) groups is 2. The standard InChI is InChI=1S/C19H26ClN3O2/c20-17-3-1-2-14(12-17)13-22-8-4-16(5-9-22)19(25)23-10-6-15(7-11-23)18(21)24/h1-3,12,15-16H,4-11,13H2,(H2,21,24). The second kappa shape index (κ2) is 8.19. The highest BCUT2D eigenvalue weighted by atomic mass is 35.5. The number of nitrogens with zero attached hydrogens (tertiary/aromatic N) is 2. The van der Waals surface area contributed by atoms with Crippen LogP contribution in [0.1, 0.15) is 31.2 Å². The lowest BCUT2D eigenvalue weighted by atomic mass is 9.91. The van der Waals surface area contributed by atoms with Crippen molar-refractivity contribution in [2.75, 3.05) is 26.2 Å². The van der Waals surface area contributed by atoms with Crippen molar-refractivity contribution < 1.29 is 9.59 Å². The van der Waals surface area contributed by atoms with E-state index in [-0.39, 0.29) is 23.7 Å². The second-order valence-electron chi connectivity index (χ2n) is 7.18. The Labute approximate surface area is 154 Å². The summed E-state index contributed by atoms with van der Waals surface area (Å²) >= 11 is 6.05. The van der Waals surface area contributed by atoms with E-state index in [2.05, 4.69) is 11.0 Å². The van der Waals surface area contributed by atoms with Gasteiger partial charge in [0, 0.05) is 36.5 Å². The summed E-state index contributed by atoms with van der Waals surface area (Å²) in [5.74, 6) is 0.0658. The van der Waals surface area contributed by atoms with E-state index in [4.69, 9.17) is 17.3 Å². The van der Waals surface area contributed by atoms with Crippen molar-refractivity contribution in [3.63, 3.8) is 0 Å². The monoisotopic (exact) mass is 363 g/mol. The summed E-state index contributed by atoms with van der Waals surface area (Å²) < 4.78 is 0. The largest absolute Gasteiger partial charge is 0.369 e. The Kier molecular flexibility index (Phi) is 5.97. The number of piperidine rings is 2. The number of primary amides is 1. The maximum Gasteiger partial charge on any atom is 0.225 e. The molecule has 0 bridgehead atoms. The minimum absolute atomic E-state index is 0.0661. The lowest BCUT2D eigenvalue weighted by molar-refractivity contribution is -0.140. The van der Waals surface area contributed by atoms with Gasteiger partial charge in [0.1, 0.15) is 0 Å². The fraction of sp³-hybridized carbons (Fsp3) is 0.579. The molecular weight excluding hydrogens is 338 g/mol. The van der Waals surface area contributed by atoms with Crippen LogP contribution >= 0.6 is 11.6 Å². The lowest BCUT2D eigenvalue weighted by Crippen LogP contribution is -2.46. The third-order valence-corrected chi connectivity index (χ3v) is 5.68. The first-order valence-electron chi connectivity index (χ1n) is 9.08. The first-order chi connectivity index (χ1) is 12.0. The SMILES string of the molecule is NC(=O)C1CCN(C(=O)C2CCN(Cc3cccc(Cl)c3)CC2)CC1. The molecule has 2 amide bonds. The average molecular weight is 364 g/mol. The van der Waals surface area contributed by atoms with E-state index in [9.17, 15) is 9.59 Å². The van der Waals surface area contributed by atoms with Gasteiger partial charge in [-0.2, -0.15) is 0 Å². The van der Waals surface area contributed by atoms with Gasteiger partial charge in [0.25, 0.3) is 0 Å². The fourth-order valence-corrected chi connectivity index (χ4v) is 4.09. The van der Waals surface area contributed by atoms with Crippen LogP contribution in [0.3, 0.4) is 0 Å². The number of amides is 2. The van der Waals surface area contributed by atoms with Gasteiger partial charge in [0.15, 0.2) is 0 Å². The van der Waals surface area contributed by atoms with Gasteiger partial charge in [-0.05, 0) is 56.5 Å². The molecule has 0 atom stereocenters. The van der Waals surface area contributed by atoms with E-state index in [1.165, 1.54) is 5.56 Å². The zero-order valence-electron chi connectivity index (χ0n) is 14.5. The summed E-state index contributed by atoms with van der Waals surface area (Å²) in [6.07, 6.45) is 3.20. The van der Waals surface area contributed by atoms with Crippen molar-refractivity contribution in [2.24, 2.45) is 17.6 Å². The molecule has 2 aliphatic rings. The van der Waals surface area contributed by atoms with Crippen LogP contribution in [0.5, 0.6) is 0 Å². The van der Waals surface area contributed by atoms with Crippen LogP contribution in [-0.2, 0) is 16.1 Å². The maximum atomic E-state index is 12.7. The molecule has 136 valence electrons. The van der Waals surface area contributed by atoms with Gasteiger partial charge in [0.05, 0.1) is 0 Å². The summed E-state index contributed by atoms with van der Waals surface area (Å²) in [7, 11) is 0. The molecule has 0 unspecified atom stereocenters. The smallest absolute Gasteiger partial charge is 0.225 e. The van der Waals surface area contributed by atoms with E-state index in [1.54, 1.807) is 0 Å². The van der Waals surface area contributed by atoms with Gasteiger partial charge < -0.3 is 10.6 Å². The van der Waals surface area contributed by atoms with E-state index < -0.39 is 0 Å². The van der Waals surface area contributed by atoms with Crippen molar-refractivity contribution in [3.8, 4) is 0 Å². The number of likely N-dealkylation sites (tertiary alicyclic amines) is 2. The third kappa shape index (κ3) is 4.73. The predicted octanol–water partition coefficient (Wildman–Crippen LogP) is 2.28. The molecule has 6 heteroatoms. The molecule has 0 spiro atoms. The molecule has 0 aliphatic carbocycles. The molecule has 0 saturated carbocycles. The highest BCUT2D eigenvalue weighted by Gasteiger charge is 2.31. The average Bonchev–Trinajstić information content (AvgIpc) is 2.62. The number of nitrogens with two attached hydrogens (primary N) is 1. The van der Waals surface area contributed by atoms with E-state index in [0.717, 1.165) is 37.5 Å². The third-order valence-electron chi connectivity index (χ3n) is 5.44. The normalized spacial score (nSPS) is 20.6. The molecule has 5 nitrogen and oxygen atoms in total. The van der Waals surface area contributed by atoms with Gasteiger partial charge in [-0.1, -0.05) is 23.7 Å². The maximum absolute atomic E-state index is 12.7. The van der Waals surface area contributed by atoms with Crippen LogP contribution in [0.15, 0.2) is 24.3 Å². The summed E-state index contributed by atoms with van der Waals surface area (Å²) in [5.41, 5.74) is 6.58. The van der Waals surface area contributed by atoms with Crippen LogP contribution in [0.2, 0.25) is 5.02 Å². The second-order valence-corrected chi connectivity index (χ2v) is 7.62. The molecule has 2 saturated heterocycles. The predicted molar refractivity (Wildman–Crippen MR) is 98.0 cm³/mol. The quantitative estimate of drug-likeness (QED) is 0.892. The van der Waals surface area contributed by atoms with Crippen LogP contribution in [0.25, 0.3) is 0 Å². The van der Waals surface area contributed by atoms with Crippen LogP contribution < -0.4 is 5.73 Å². The van der Waals surface area contributed by atoms with E-state index >= 15 is 0 Å². The van der Waals surface area contributed by atoms with Crippen molar-refractivity contribution in [1.29, 1.82) is 0 Å². The Hall–Kier alpha value is -1.59. The molecule has 2 fully saturated rings. The zero-order valence-corrected chi connectivity index (χ0v) is 15.3. The highest BCUT2D eigenvalue weighted by Crippen LogP contribution is 2.25. The Morgan fingerprint density at radius 1 is 1.04 bits per heavy atom. The van der Waals surface area contributed by atoms with Gasteiger partial charge in [-0.3, -0.25) is 14.5 Å². The number of benzene rings is 1. The lowest BCUT2D eigenvalue weighted by Gasteiger charge is -2.36.